The third kappa shape index (κ3) is 3.99. The maximum Gasteiger partial charge on any atom is 0.243 e. The zero-order chi connectivity index (χ0) is 22.3. The highest BCUT2D eigenvalue weighted by Gasteiger charge is 2.38. The maximum absolute atomic E-state index is 13.4. The van der Waals surface area contributed by atoms with Crippen LogP contribution in [0.2, 0.25) is 0 Å². The van der Waals surface area contributed by atoms with Gasteiger partial charge in [0.2, 0.25) is 15.9 Å². The van der Waals surface area contributed by atoms with Crippen molar-refractivity contribution in [3.05, 3.63) is 59.7 Å². The van der Waals surface area contributed by atoms with E-state index in [1.54, 1.807) is 10.4 Å². The minimum atomic E-state index is -3.52. The van der Waals surface area contributed by atoms with Crippen LogP contribution in [0.3, 0.4) is 0 Å². The van der Waals surface area contributed by atoms with Crippen LogP contribution in [0.15, 0.2) is 53.4 Å². The number of carbonyl (C=O) groups is 1. The monoisotopic (exact) mass is 452 g/mol. The number of hydrogen-bond acceptors (Lipinski definition) is 3. The number of nitrogens with zero attached hydrogens (tertiary/aromatic N) is 2. The Morgan fingerprint density at radius 1 is 1.00 bits per heavy atom. The van der Waals surface area contributed by atoms with Crippen molar-refractivity contribution in [1.29, 1.82) is 0 Å². The highest BCUT2D eigenvalue weighted by Crippen LogP contribution is 2.39. The molecule has 0 N–H and O–H groups in total. The molecule has 1 aliphatic carbocycles. The first-order valence-electron chi connectivity index (χ1n) is 11.9. The maximum atomic E-state index is 13.4. The lowest BCUT2D eigenvalue weighted by Gasteiger charge is -2.32. The fourth-order valence-electron chi connectivity index (χ4n) is 5.41. The van der Waals surface area contributed by atoms with Crippen molar-refractivity contribution < 1.29 is 13.2 Å². The van der Waals surface area contributed by atoms with E-state index in [1.807, 2.05) is 23.1 Å². The van der Waals surface area contributed by atoms with E-state index in [0.717, 1.165) is 56.2 Å². The van der Waals surface area contributed by atoms with Crippen LogP contribution < -0.4 is 4.90 Å². The van der Waals surface area contributed by atoms with Crippen molar-refractivity contribution >= 4 is 21.6 Å². The van der Waals surface area contributed by atoms with Gasteiger partial charge in [-0.05, 0) is 80.7 Å². The second-order valence-electron chi connectivity index (χ2n) is 9.72. The van der Waals surface area contributed by atoms with E-state index in [9.17, 15) is 13.2 Å². The van der Waals surface area contributed by atoms with Gasteiger partial charge in [0, 0.05) is 30.7 Å². The van der Waals surface area contributed by atoms with Crippen LogP contribution in [-0.4, -0.2) is 37.8 Å². The number of rotatable bonds is 5. The molecule has 2 heterocycles. The van der Waals surface area contributed by atoms with E-state index in [-0.39, 0.29) is 17.9 Å². The molecule has 0 aromatic heterocycles. The summed E-state index contributed by atoms with van der Waals surface area (Å²) in [5.74, 6) is 0.874. The molecule has 32 heavy (non-hydrogen) atoms. The predicted octanol–water partition coefficient (Wildman–Crippen LogP) is 4.41. The number of anilines is 1. The normalized spacial score (nSPS) is 22.5. The molecule has 1 saturated carbocycles. The van der Waals surface area contributed by atoms with Crippen molar-refractivity contribution in [3.63, 3.8) is 0 Å². The molecular formula is C26H32N2O3S. The van der Waals surface area contributed by atoms with Crippen LogP contribution in [0.4, 0.5) is 5.69 Å². The Balaban J connectivity index is 1.28. The van der Waals surface area contributed by atoms with Gasteiger partial charge in [0.25, 0.3) is 0 Å². The second kappa shape index (κ2) is 8.64. The van der Waals surface area contributed by atoms with Gasteiger partial charge in [-0.15, -0.1) is 0 Å². The van der Waals surface area contributed by atoms with E-state index >= 15 is 0 Å². The first-order valence-corrected chi connectivity index (χ1v) is 13.4. The van der Waals surface area contributed by atoms with Crippen LogP contribution >= 0.6 is 0 Å². The summed E-state index contributed by atoms with van der Waals surface area (Å²) < 4.78 is 28.4. The van der Waals surface area contributed by atoms with E-state index in [0.29, 0.717) is 23.9 Å². The predicted molar refractivity (Wildman–Crippen MR) is 126 cm³/mol. The first kappa shape index (κ1) is 21.7. The Hall–Kier alpha value is -2.18. The average Bonchev–Trinajstić information content (AvgIpc) is 3.08. The van der Waals surface area contributed by atoms with Gasteiger partial charge >= 0.3 is 0 Å². The Kier molecular flexibility index (Phi) is 5.84. The van der Waals surface area contributed by atoms with Crippen LogP contribution in [0.25, 0.3) is 0 Å². The van der Waals surface area contributed by atoms with E-state index < -0.39 is 10.0 Å². The topological polar surface area (TPSA) is 57.7 Å². The number of sulfonamides is 1. The molecule has 5 nitrogen and oxygen atoms in total. The fraction of sp³-hybridized carbons (Fsp3) is 0.500. The zero-order valence-corrected chi connectivity index (χ0v) is 19.6. The molecule has 1 atom stereocenters. The quantitative estimate of drug-likeness (QED) is 0.675. The van der Waals surface area contributed by atoms with Crippen LogP contribution in [-0.2, 0) is 27.7 Å². The smallest absolute Gasteiger partial charge is 0.243 e. The number of benzene rings is 2. The molecular weight excluding hydrogens is 420 g/mol. The molecule has 0 radical (unpaired) electrons. The number of hydrogen-bond donors (Lipinski definition) is 0. The van der Waals surface area contributed by atoms with Crippen molar-refractivity contribution in [1.82, 2.24) is 4.31 Å². The lowest BCUT2D eigenvalue weighted by molar-refractivity contribution is -0.125. The second-order valence-corrected chi connectivity index (χ2v) is 11.7. The molecule has 170 valence electrons. The summed E-state index contributed by atoms with van der Waals surface area (Å²) >= 11 is 0. The fourth-order valence-corrected chi connectivity index (χ4v) is 6.93. The number of fused-ring (bicyclic) bond motifs is 1. The lowest BCUT2D eigenvalue weighted by Crippen LogP contribution is -2.42. The van der Waals surface area contributed by atoms with Crippen molar-refractivity contribution in [2.24, 2.45) is 11.8 Å². The van der Waals surface area contributed by atoms with Gasteiger partial charge in [-0.2, -0.15) is 4.31 Å². The molecule has 2 aliphatic heterocycles. The lowest BCUT2D eigenvalue weighted by atomic mass is 9.84. The van der Waals surface area contributed by atoms with Gasteiger partial charge in [0.15, 0.2) is 0 Å². The number of amides is 1. The average molecular weight is 453 g/mol. The Bertz CT molecular complexity index is 1090. The molecule has 2 aromatic carbocycles. The molecule has 6 heteroatoms. The van der Waals surface area contributed by atoms with E-state index in [2.05, 4.69) is 31.2 Å². The zero-order valence-electron chi connectivity index (χ0n) is 18.7. The molecule has 0 unspecified atom stereocenters. The third-order valence-corrected chi connectivity index (χ3v) is 9.43. The van der Waals surface area contributed by atoms with Crippen LogP contribution in [0.5, 0.6) is 0 Å². The Labute approximate surface area is 191 Å². The largest absolute Gasteiger partial charge is 0.309 e. The molecule has 0 spiro atoms. The highest BCUT2D eigenvalue weighted by molar-refractivity contribution is 7.89. The van der Waals surface area contributed by atoms with Gasteiger partial charge < -0.3 is 4.90 Å². The highest BCUT2D eigenvalue weighted by atomic mass is 32.2. The molecule has 2 fully saturated rings. The molecule has 0 bridgehead atoms. The Morgan fingerprint density at radius 3 is 2.38 bits per heavy atom. The Morgan fingerprint density at radius 2 is 1.72 bits per heavy atom. The third-order valence-electron chi connectivity index (χ3n) is 7.54. The van der Waals surface area contributed by atoms with Gasteiger partial charge in [0.05, 0.1) is 4.90 Å². The van der Waals surface area contributed by atoms with Gasteiger partial charge in [-0.25, -0.2) is 8.42 Å². The van der Waals surface area contributed by atoms with E-state index in [4.69, 9.17) is 0 Å². The number of carbonyl (C=O) groups excluding carboxylic acids is 1. The molecule has 1 saturated heterocycles. The summed E-state index contributed by atoms with van der Waals surface area (Å²) in [6.45, 7) is 3.20. The van der Waals surface area contributed by atoms with Crippen LogP contribution in [0.1, 0.15) is 50.2 Å². The molecule has 2 aromatic rings. The van der Waals surface area contributed by atoms with Crippen molar-refractivity contribution in [3.8, 4) is 0 Å². The summed E-state index contributed by atoms with van der Waals surface area (Å²) in [6, 6.07) is 15.9. The van der Waals surface area contributed by atoms with Gasteiger partial charge in [-0.3, -0.25) is 4.79 Å². The van der Waals surface area contributed by atoms with E-state index in [1.165, 1.54) is 5.56 Å². The van der Waals surface area contributed by atoms with Crippen molar-refractivity contribution in [2.45, 2.75) is 62.8 Å². The standard InChI is InChI=1S/C26H32N2O3S/c1-19-16-23-18-24(10-11-25(23)28(19)26(29)22-8-5-9-22)32(30,31)27-14-12-21(13-15-27)17-20-6-3-2-4-7-20/h2-4,6-7,10-11,18-19,21-22H,5,8-9,12-17H2,1H3/t19-/m1/s1. The summed E-state index contributed by atoms with van der Waals surface area (Å²) in [7, 11) is -3.52. The first-order chi connectivity index (χ1) is 15.4. The molecule has 1 amide bonds. The van der Waals surface area contributed by atoms with Crippen molar-refractivity contribution in [2.75, 3.05) is 18.0 Å². The molecule has 5 rings (SSSR count). The summed E-state index contributed by atoms with van der Waals surface area (Å²) in [5, 5.41) is 0. The summed E-state index contributed by atoms with van der Waals surface area (Å²) in [6.07, 6.45) is 6.59. The summed E-state index contributed by atoms with van der Waals surface area (Å²) in [4.78, 5) is 15.2. The summed E-state index contributed by atoms with van der Waals surface area (Å²) in [5.41, 5.74) is 3.20. The van der Waals surface area contributed by atoms with Crippen LogP contribution in [0, 0.1) is 11.8 Å². The van der Waals surface area contributed by atoms with Gasteiger partial charge in [0.1, 0.15) is 0 Å². The van der Waals surface area contributed by atoms with Gasteiger partial charge in [-0.1, -0.05) is 36.8 Å². The minimum Gasteiger partial charge on any atom is -0.309 e. The SMILES string of the molecule is C[C@@H]1Cc2cc(S(=O)(=O)N3CCC(Cc4ccccc4)CC3)ccc2N1C(=O)C1CCC1. The molecule has 3 aliphatic rings. The number of piperidine rings is 1. The minimum absolute atomic E-state index is 0.0878.